The van der Waals surface area contributed by atoms with Crippen LogP contribution in [0, 0.1) is 0 Å². The van der Waals surface area contributed by atoms with E-state index in [1.807, 2.05) is 26.0 Å². The van der Waals surface area contributed by atoms with Crippen LogP contribution in [0.2, 0.25) is 5.02 Å². The topological polar surface area (TPSA) is 49.3 Å². The van der Waals surface area contributed by atoms with Gasteiger partial charge in [0.1, 0.15) is 0 Å². The fourth-order valence-corrected chi connectivity index (χ4v) is 1.63. The molecule has 0 unspecified atom stereocenters. The van der Waals surface area contributed by atoms with Crippen molar-refractivity contribution in [3.8, 4) is 0 Å². The van der Waals surface area contributed by atoms with Crippen LogP contribution in [0.25, 0.3) is 0 Å². The molecular weight excluding hydrogens is 238 g/mol. The number of aliphatic hydroxyl groups is 1. The lowest BCUT2D eigenvalue weighted by Gasteiger charge is -2.24. The highest BCUT2D eigenvalue weighted by atomic mass is 35.5. The number of halogens is 1. The van der Waals surface area contributed by atoms with E-state index in [1.165, 1.54) is 0 Å². The highest BCUT2D eigenvalue weighted by Gasteiger charge is 2.29. The third-order valence-corrected chi connectivity index (χ3v) is 3.01. The molecule has 0 atom stereocenters. The standard InChI is InChI=1S/C13H18ClNO2/c1-13(2,12(17)15-8-3-9-16)10-4-6-11(14)7-5-10/h4-7,16H,3,8-9H2,1-2H3,(H,15,17). The first-order chi connectivity index (χ1) is 7.98. The monoisotopic (exact) mass is 255 g/mol. The number of amides is 1. The maximum atomic E-state index is 12.0. The zero-order valence-electron chi connectivity index (χ0n) is 10.2. The van der Waals surface area contributed by atoms with Gasteiger partial charge in [-0.1, -0.05) is 23.7 Å². The van der Waals surface area contributed by atoms with Gasteiger partial charge < -0.3 is 10.4 Å². The fourth-order valence-electron chi connectivity index (χ4n) is 1.50. The van der Waals surface area contributed by atoms with Crippen molar-refractivity contribution in [2.75, 3.05) is 13.2 Å². The average Bonchev–Trinajstić information content (AvgIpc) is 2.29. The van der Waals surface area contributed by atoms with Crippen LogP contribution >= 0.6 is 11.6 Å². The third kappa shape index (κ3) is 3.72. The molecule has 3 nitrogen and oxygen atoms in total. The molecule has 2 N–H and O–H groups in total. The Morgan fingerprint density at radius 1 is 1.35 bits per heavy atom. The first-order valence-electron chi connectivity index (χ1n) is 5.63. The van der Waals surface area contributed by atoms with Crippen LogP contribution in [0.1, 0.15) is 25.8 Å². The molecule has 1 rings (SSSR count). The van der Waals surface area contributed by atoms with Gasteiger partial charge in [-0.05, 0) is 38.0 Å². The molecule has 0 saturated carbocycles. The van der Waals surface area contributed by atoms with Gasteiger partial charge in [-0.3, -0.25) is 4.79 Å². The van der Waals surface area contributed by atoms with Gasteiger partial charge in [-0.15, -0.1) is 0 Å². The van der Waals surface area contributed by atoms with Crippen molar-refractivity contribution in [2.45, 2.75) is 25.7 Å². The predicted molar refractivity (Wildman–Crippen MR) is 69.2 cm³/mol. The molecule has 0 heterocycles. The molecule has 4 heteroatoms. The smallest absolute Gasteiger partial charge is 0.230 e. The van der Waals surface area contributed by atoms with E-state index in [9.17, 15) is 4.79 Å². The number of carbonyl (C=O) groups excluding carboxylic acids is 1. The van der Waals surface area contributed by atoms with E-state index in [2.05, 4.69) is 5.32 Å². The van der Waals surface area contributed by atoms with Crippen molar-refractivity contribution in [1.29, 1.82) is 0 Å². The van der Waals surface area contributed by atoms with E-state index in [0.717, 1.165) is 5.56 Å². The maximum absolute atomic E-state index is 12.0. The Balaban J connectivity index is 2.72. The number of benzene rings is 1. The van der Waals surface area contributed by atoms with E-state index in [0.29, 0.717) is 18.0 Å². The number of carbonyl (C=O) groups is 1. The second kappa shape index (κ2) is 6.03. The number of rotatable bonds is 5. The number of hydrogen-bond donors (Lipinski definition) is 2. The molecule has 0 fully saturated rings. The summed E-state index contributed by atoms with van der Waals surface area (Å²) < 4.78 is 0. The number of aliphatic hydroxyl groups excluding tert-OH is 1. The molecule has 0 aliphatic carbocycles. The van der Waals surface area contributed by atoms with E-state index in [4.69, 9.17) is 16.7 Å². The molecule has 0 bridgehead atoms. The normalized spacial score (nSPS) is 11.3. The van der Waals surface area contributed by atoms with E-state index in [1.54, 1.807) is 12.1 Å². The molecule has 0 spiro atoms. The van der Waals surface area contributed by atoms with Crippen LogP contribution in [0.5, 0.6) is 0 Å². The second-order valence-corrected chi connectivity index (χ2v) is 4.90. The number of nitrogens with one attached hydrogen (secondary N) is 1. The summed E-state index contributed by atoms with van der Waals surface area (Å²) in [5.74, 6) is -0.0479. The Hall–Kier alpha value is -1.06. The van der Waals surface area contributed by atoms with Crippen molar-refractivity contribution in [1.82, 2.24) is 5.32 Å². The predicted octanol–water partition coefficient (Wildman–Crippen LogP) is 2.12. The molecule has 1 aromatic rings. The molecule has 1 amide bonds. The lowest BCUT2D eigenvalue weighted by molar-refractivity contribution is -0.125. The molecule has 0 saturated heterocycles. The third-order valence-electron chi connectivity index (χ3n) is 2.75. The highest BCUT2D eigenvalue weighted by molar-refractivity contribution is 6.30. The molecule has 1 aromatic carbocycles. The lowest BCUT2D eigenvalue weighted by atomic mass is 9.84. The largest absolute Gasteiger partial charge is 0.396 e. The zero-order chi connectivity index (χ0) is 12.9. The Labute approximate surface area is 107 Å². The van der Waals surface area contributed by atoms with E-state index < -0.39 is 5.41 Å². The summed E-state index contributed by atoms with van der Waals surface area (Å²) in [5.41, 5.74) is 0.323. The van der Waals surface area contributed by atoms with Crippen LogP contribution in [0.4, 0.5) is 0 Å². The summed E-state index contributed by atoms with van der Waals surface area (Å²) in [6, 6.07) is 7.27. The Morgan fingerprint density at radius 2 is 1.94 bits per heavy atom. The molecule has 94 valence electrons. The minimum Gasteiger partial charge on any atom is -0.396 e. The van der Waals surface area contributed by atoms with Crippen LogP contribution < -0.4 is 5.32 Å². The highest BCUT2D eigenvalue weighted by Crippen LogP contribution is 2.24. The van der Waals surface area contributed by atoms with Crippen molar-refractivity contribution in [3.63, 3.8) is 0 Å². The Morgan fingerprint density at radius 3 is 2.47 bits per heavy atom. The SMILES string of the molecule is CC(C)(C(=O)NCCCO)c1ccc(Cl)cc1. The van der Waals surface area contributed by atoms with Crippen LogP contribution in [0.15, 0.2) is 24.3 Å². The van der Waals surface area contributed by atoms with Crippen molar-refractivity contribution in [2.24, 2.45) is 0 Å². The van der Waals surface area contributed by atoms with Crippen molar-refractivity contribution >= 4 is 17.5 Å². The summed E-state index contributed by atoms with van der Waals surface area (Å²) in [6.45, 7) is 4.31. The Bertz CT molecular complexity index is 374. The summed E-state index contributed by atoms with van der Waals surface area (Å²) >= 11 is 5.82. The van der Waals surface area contributed by atoms with Gasteiger partial charge >= 0.3 is 0 Å². The maximum Gasteiger partial charge on any atom is 0.230 e. The lowest BCUT2D eigenvalue weighted by Crippen LogP contribution is -2.40. The van der Waals surface area contributed by atoms with Gasteiger partial charge in [0.05, 0.1) is 5.41 Å². The molecule has 0 aliphatic heterocycles. The first-order valence-corrected chi connectivity index (χ1v) is 6.01. The minimum absolute atomic E-state index is 0.0479. The molecule has 17 heavy (non-hydrogen) atoms. The van der Waals surface area contributed by atoms with Gasteiger partial charge in [-0.2, -0.15) is 0 Å². The van der Waals surface area contributed by atoms with Gasteiger partial charge in [0, 0.05) is 18.2 Å². The first kappa shape index (κ1) is 14.0. The minimum atomic E-state index is -0.597. The van der Waals surface area contributed by atoms with Crippen molar-refractivity contribution < 1.29 is 9.90 Å². The zero-order valence-corrected chi connectivity index (χ0v) is 10.9. The van der Waals surface area contributed by atoms with Crippen LogP contribution in [-0.4, -0.2) is 24.2 Å². The number of hydrogen-bond acceptors (Lipinski definition) is 2. The van der Waals surface area contributed by atoms with Crippen LogP contribution in [-0.2, 0) is 10.2 Å². The summed E-state index contributed by atoms with van der Waals surface area (Å²) in [4.78, 5) is 12.0. The molecular formula is C13H18ClNO2. The molecule has 0 radical (unpaired) electrons. The molecule has 0 aromatic heterocycles. The quantitative estimate of drug-likeness (QED) is 0.792. The van der Waals surface area contributed by atoms with E-state index in [-0.39, 0.29) is 12.5 Å². The van der Waals surface area contributed by atoms with Crippen LogP contribution in [0.3, 0.4) is 0 Å². The molecule has 0 aliphatic rings. The van der Waals surface area contributed by atoms with Gasteiger partial charge in [-0.25, -0.2) is 0 Å². The summed E-state index contributed by atoms with van der Waals surface area (Å²) in [6.07, 6.45) is 0.572. The van der Waals surface area contributed by atoms with Crippen molar-refractivity contribution in [3.05, 3.63) is 34.9 Å². The summed E-state index contributed by atoms with van der Waals surface area (Å²) in [7, 11) is 0. The van der Waals surface area contributed by atoms with E-state index >= 15 is 0 Å². The average molecular weight is 256 g/mol. The Kier molecular flexibility index (Phi) is 4.97. The fraction of sp³-hybridized carbons (Fsp3) is 0.462. The van der Waals surface area contributed by atoms with Gasteiger partial charge in [0.25, 0.3) is 0 Å². The van der Waals surface area contributed by atoms with Gasteiger partial charge in [0.2, 0.25) is 5.91 Å². The second-order valence-electron chi connectivity index (χ2n) is 4.46. The summed E-state index contributed by atoms with van der Waals surface area (Å²) in [5, 5.41) is 12.1. The van der Waals surface area contributed by atoms with Gasteiger partial charge in [0.15, 0.2) is 0 Å².